The Morgan fingerprint density at radius 2 is 0.504 bits per heavy atom. The summed E-state index contributed by atoms with van der Waals surface area (Å²) in [5, 5.41) is 7.96. The van der Waals surface area contributed by atoms with Crippen LogP contribution in [0.15, 0.2) is 370 Å². The van der Waals surface area contributed by atoms with Gasteiger partial charge in [-0.1, -0.05) is 255 Å². The molecule has 129 heavy (non-hydrogen) atoms. The first-order valence-electron chi connectivity index (χ1n) is 48.5. The SMILES string of the molecule is c1ccc(N(c2ccc(-c3ccc4c(c3)sc3ccccc34)cc2)c2cccc3c2-c2ccccc2C32C3CC4CC(C3)CC2C4)cc1.c1ccc(N(c2ccc3ccccc3c2)c2cccc3c2-c2ccccc2C32C3CC4CC(C3)CC2C4)cc1.c1ccc(N(c2ccc3sc4ccccc4c3c2)c2cccc3c2-c2ccccc2C32C3CC4CC(C3)CC2C4)cc1. The first-order valence-corrected chi connectivity index (χ1v) is 50.2. The van der Waals surface area contributed by atoms with Gasteiger partial charge in [0.1, 0.15) is 0 Å². The fourth-order valence-corrected chi connectivity index (χ4v) is 33.2. The minimum atomic E-state index is 0.160. The van der Waals surface area contributed by atoms with Crippen LogP contribution in [0.2, 0.25) is 0 Å². The predicted molar refractivity (Wildman–Crippen MR) is 542 cm³/mol. The summed E-state index contributed by atoms with van der Waals surface area (Å²) in [5.74, 6) is 10.3. The maximum absolute atomic E-state index is 2.54. The first-order chi connectivity index (χ1) is 63.8. The molecular formula is C124H103N3S2. The average molecular weight is 1700 g/mol. The van der Waals surface area contributed by atoms with E-state index >= 15 is 0 Å². The number of fused-ring (bicyclic) bond motifs is 16. The molecule has 15 aliphatic rings. The second kappa shape index (κ2) is 29.3. The molecule has 0 N–H and O–H groups in total. The Labute approximate surface area is 765 Å². The Kier molecular flexibility index (Phi) is 17.2. The van der Waals surface area contributed by atoms with E-state index in [2.05, 4.69) is 385 Å². The molecule has 2 heterocycles. The highest BCUT2D eigenvalue weighted by Gasteiger charge is 2.65. The van der Waals surface area contributed by atoms with Gasteiger partial charge in [-0.15, -0.1) is 22.7 Å². The van der Waals surface area contributed by atoms with Crippen molar-refractivity contribution in [3.05, 3.63) is 403 Å². The Bertz CT molecular complexity index is 7440. The smallest absolute Gasteiger partial charge is 0.0543 e. The van der Waals surface area contributed by atoms with Crippen molar-refractivity contribution in [2.24, 2.45) is 71.0 Å². The topological polar surface area (TPSA) is 9.72 Å². The van der Waals surface area contributed by atoms with Crippen LogP contribution in [-0.4, -0.2) is 0 Å². The van der Waals surface area contributed by atoms with Gasteiger partial charge < -0.3 is 14.7 Å². The monoisotopic (exact) mass is 1700 g/mol. The van der Waals surface area contributed by atoms with Crippen LogP contribution in [0.5, 0.6) is 0 Å². The van der Waals surface area contributed by atoms with E-state index in [4.69, 9.17) is 0 Å². The van der Waals surface area contributed by atoms with Crippen LogP contribution < -0.4 is 14.7 Å². The molecule has 12 fully saturated rings. The van der Waals surface area contributed by atoms with Crippen molar-refractivity contribution < 1.29 is 0 Å². The van der Waals surface area contributed by atoms with Crippen LogP contribution in [0.3, 0.4) is 0 Å². The van der Waals surface area contributed by atoms with Crippen molar-refractivity contribution in [1.82, 2.24) is 0 Å². The van der Waals surface area contributed by atoms with Crippen molar-refractivity contribution >= 4 is 125 Å². The quantitative estimate of drug-likeness (QED) is 0.135. The van der Waals surface area contributed by atoms with Gasteiger partial charge in [0.25, 0.3) is 0 Å². The van der Waals surface area contributed by atoms with E-state index < -0.39 is 0 Å². The number of nitrogens with zero attached hydrogens (tertiary/aromatic N) is 3. The second-order valence-electron chi connectivity index (χ2n) is 40.9. The molecule has 33 rings (SSSR count). The summed E-state index contributed by atoms with van der Waals surface area (Å²) in [6.07, 6.45) is 21.4. The Morgan fingerprint density at radius 3 is 0.946 bits per heavy atom. The summed E-state index contributed by atoms with van der Waals surface area (Å²) in [7, 11) is 0. The highest BCUT2D eigenvalue weighted by molar-refractivity contribution is 7.26. The Morgan fingerprint density at radius 1 is 0.194 bits per heavy atom. The summed E-state index contributed by atoms with van der Waals surface area (Å²) in [5.41, 5.74) is 32.7. The van der Waals surface area contributed by atoms with E-state index in [0.29, 0.717) is 0 Å². The van der Waals surface area contributed by atoms with Crippen molar-refractivity contribution in [3.63, 3.8) is 0 Å². The second-order valence-corrected chi connectivity index (χ2v) is 43.1. The molecule has 0 unspecified atom stereocenters. The zero-order valence-corrected chi connectivity index (χ0v) is 74.5. The van der Waals surface area contributed by atoms with E-state index in [9.17, 15) is 0 Å². The normalized spacial score (nSPS) is 26.2. The number of benzene rings is 16. The molecule has 15 aliphatic carbocycles. The summed E-state index contributed by atoms with van der Waals surface area (Å²) in [6, 6.07) is 140. The lowest BCUT2D eigenvalue weighted by Gasteiger charge is -2.61. The van der Waals surface area contributed by atoms with Gasteiger partial charge in [-0.2, -0.15) is 0 Å². The maximum atomic E-state index is 2.54. The highest BCUT2D eigenvalue weighted by atomic mass is 32.1. The predicted octanol–water partition coefficient (Wildman–Crippen LogP) is 34.2. The van der Waals surface area contributed by atoms with Crippen molar-refractivity contribution in [2.45, 2.75) is 113 Å². The number of anilines is 9. The highest BCUT2D eigenvalue weighted by Crippen LogP contribution is 2.75. The molecule has 12 bridgehead atoms. The fraction of sp³-hybridized carbons (Fsp3) is 0.242. The molecule has 16 aromatic carbocycles. The summed E-state index contributed by atoms with van der Waals surface area (Å²) < 4.78 is 5.41. The number of para-hydroxylation sites is 3. The minimum Gasteiger partial charge on any atom is -0.310 e. The Hall–Kier alpha value is -12.4. The molecule has 5 heteroatoms. The first kappa shape index (κ1) is 75.6. The summed E-state index contributed by atoms with van der Waals surface area (Å²) in [6.45, 7) is 0. The maximum Gasteiger partial charge on any atom is 0.0543 e. The number of thiophene rings is 2. The van der Waals surface area contributed by atoms with E-state index in [0.717, 1.165) is 71.0 Å². The van der Waals surface area contributed by atoms with Crippen LogP contribution in [0.4, 0.5) is 51.2 Å². The third kappa shape index (κ3) is 11.2. The lowest BCUT2D eigenvalue weighted by molar-refractivity contribution is -0.0399. The van der Waals surface area contributed by atoms with Crippen molar-refractivity contribution in [3.8, 4) is 44.5 Å². The van der Waals surface area contributed by atoms with Crippen LogP contribution in [-0.2, 0) is 16.2 Å². The van der Waals surface area contributed by atoms with Crippen molar-refractivity contribution in [2.75, 3.05) is 14.7 Å². The van der Waals surface area contributed by atoms with Gasteiger partial charge in [-0.3, -0.25) is 0 Å². The van der Waals surface area contributed by atoms with Crippen LogP contribution in [0.25, 0.3) is 95.6 Å². The van der Waals surface area contributed by atoms with Gasteiger partial charge in [-0.05, 0) is 355 Å². The van der Waals surface area contributed by atoms with E-state index in [1.165, 1.54) is 243 Å². The molecular weight excluding hydrogens is 1600 g/mol. The number of rotatable bonds is 10. The minimum absolute atomic E-state index is 0.160. The molecule has 18 aromatic rings. The summed E-state index contributed by atoms with van der Waals surface area (Å²) >= 11 is 3.78. The largest absolute Gasteiger partial charge is 0.310 e. The zero-order valence-electron chi connectivity index (χ0n) is 72.9. The van der Waals surface area contributed by atoms with Crippen molar-refractivity contribution in [1.29, 1.82) is 0 Å². The number of hydrogen-bond acceptors (Lipinski definition) is 5. The fourth-order valence-electron chi connectivity index (χ4n) is 31.0. The van der Waals surface area contributed by atoms with Gasteiger partial charge in [-0.25, -0.2) is 0 Å². The molecule has 0 saturated heterocycles. The lowest BCUT2D eigenvalue weighted by Crippen LogP contribution is -2.55. The van der Waals surface area contributed by atoms with E-state index in [1.807, 2.05) is 22.7 Å². The van der Waals surface area contributed by atoms with Gasteiger partial charge >= 0.3 is 0 Å². The number of hydrogen-bond donors (Lipinski definition) is 0. The Balaban J connectivity index is 0.0000000981. The average Bonchev–Trinajstić information content (AvgIpc) is 1.54. The summed E-state index contributed by atoms with van der Waals surface area (Å²) in [4.78, 5) is 7.57. The van der Waals surface area contributed by atoms with E-state index in [-0.39, 0.29) is 16.2 Å². The molecule has 3 nitrogen and oxygen atoms in total. The van der Waals surface area contributed by atoms with Gasteiger partial charge in [0, 0.05) is 107 Å². The van der Waals surface area contributed by atoms with Crippen LogP contribution in [0, 0.1) is 71.0 Å². The van der Waals surface area contributed by atoms with Gasteiger partial charge in [0.15, 0.2) is 0 Å². The van der Waals surface area contributed by atoms with Gasteiger partial charge in [0.2, 0.25) is 0 Å². The molecule has 2 aromatic heterocycles. The van der Waals surface area contributed by atoms with Gasteiger partial charge in [0.05, 0.1) is 17.1 Å². The molecule has 0 atom stereocenters. The molecule has 12 saturated carbocycles. The van der Waals surface area contributed by atoms with Crippen LogP contribution >= 0.6 is 22.7 Å². The standard InChI is InChI=1S/C46H37NS.C40H33NS.C38H33N/c1-2-9-35(10-3-1)47(36-20-17-31(18-21-36)32-19-22-38-37-11-5-7-16-43(37)48-44(38)28-32)42-15-8-14-41-45(42)39-12-4-6-13-40(39)46(41)33-24-29-23-30(26-33)27-34(46)25-29;1-2-9-29(10-3-1)41(30-17-18-38-33(24-30)31-11-5-7-16-37(31)42-38)36-15-8-14-35-39(36)32-12-4-6-13-34(32)40(35)27-20-25-19-26(22-27)23-28(40)21-25;1-2-11-31(12-3-1)39(32-18-17-27-9-4-5-10-28(27)24-32)36-16-8-15-35-37(36)33-13-6-7-14-34(33)38(35)29-20-25-19-26(22-29)23-30(38)21-25/h1-22,28-30,33-34H,23-27H2;1-18,24-28H,19-23H2;1-18,24-26,29-30H,19-23H2. The molecule has 0 amide bonds. The molecule has 0 radical (unpaired) electrons. The zero-order chi connectivity index (χ0) is 84.4. The molecule has 0 aliphatic heterocycles. The molecule has 626 valence electrons. The van der Waals surface area contributed by atoms with Crippen LogP contribution in [0.1, 0.15) is 130 Å². The third-order valence-electron chi connectivity index (χ3n) is 34.9. The lowest BCUT2D eigenvalue weighted by atomic mass is 9.43. The molecule has 3 spiro atoms. The third-order valence-corrected chi connectivity index (χ3v) is 37.2. The van der Waals surface area contributed by atoms with E-state index in [1.54, 1.807) is 33.4 Å².